The molecule has 6 nitrogen and oxygen atoms in total. The van der Waals surface area contributed by atoms with E-state index >= 15 is 0 Å². The van der Waals surface area contributed by atoms with Gasteiger partial charge in [0.05, 0.1) is 13.2 Å². The molecular formula is C6H16N2O4S. The lowest BCUT2D eigenvalue weighted by Crippen LogP contribution is -2.28. The Hall–Kier alpha value is -0.210. The highest BCUT2D eigenvalue weighted by molar-refractivity contribution is 7.81. The van der Waals surface area contributed by atoms with Crippen LogP contribution in [0.1, 0.15) is 13.8 Å². The Bertz CT molecular complexity index is 207. The fraction of sp³-hybridized carbons (Fsp3) is 1.00. The van der Waals surface area contributed by atoms with Crippen molar-refractivity contribution in [2.24, 2.45) is 11.5 Å². The second-order valence-electron chi connectivity index (χ2n) is 2.93. The maximum Gasteiger partial charge on any atom is 0.399 e. The molecule has 7 heteroatoms. The van der Waals surface area contributed by atoms with Gasteiger partial charge in [-0.3, -0.25) is 0 Å². The molecule has 0 aliphatic carbocycles. The maximum absolute atomic E-state index is 10.9. The number of rotatable bonds is 6. The first-order valence-electron chi connectivity index (χ1n) is 3.88. The van der Waals surface area contributed by atoms with Gasteiger partial charge < -0.3 is 11.5 Å². The van der Waals surface area contributed by atoms with E-state index < -0.39 is 10.4 Å². The van der Waals surface area contributed by atoms with E-state index in [4.69, 9.17) is 11.5 Å². The normalized spacial score (nSPS) is 16.9. The smallest absolute Gasteiger partial charge is 0.326 e. The molecule has 0 radical (unpaired) electrons. The summed E-state index contributed by atoms with van der Waals surface area (Å²) < 4.78 is 30.6. The highest BCUT2D eigenvalue weighted by Crippen LogP contribution is 1.97. The van der Waals surface area contributed by atoms with Crippen molar-refractivity contribution in [2.45, 2.75) is 25.9 Å². The van der Waals surface area contributed by atoms with Crippen molar-refractivity contribution in [1.82, 2.24) is 0 Å². The molecule has 0 aliphatic rings. The van der Waals surface area contributed by atoms with Crippen LogP contribution >= 0.6 is 0 Å². The summed E-state index contributed by atoms with van der Waals surface area (Å²) in [6.07, 6.45) is 0. The Labute approximate surface area is 78.5 Å². The van der Waals surface area contributed by atoms with Crippen molar-refractivity contribution < 1.29 is 16.8 Å². The van der Waals surface area contributed by atoms with Gasteiger partial charge >= 0.3 is 10.4 Å². The van der Waals surface area contributed by atoms with Gasteiger partial charge in [-0.2, -0.15) is 8.42 Å². The maximum atomic E-state index is 10.9. The monoisotopic (exact) mass is 212 g/mol. The zero-order chi connectivity index (χ0) is 10.5. The summed E-state index contributed by atoms with van der Waals surface area (Å²) in [7, 11) is -3.93. The first kappa shape index (κ1) is 12.8. The van der Waals surface area contributed by atoms with Crippen molar-refractivity contribution >= 4 is 10.4 Å². The van der Waals surface area contributed by atoms with E-state index in [0.29, 0.717) is 0 Å². The zero-order valence-electron chi connectivity index (χ0n) is 7.76. The molecule has 0 aliphatic heterocycles. The summed E-state index contributed by atoms with van der Waals surface area (Å²) in [5.74, 6) is 0. The Morgan fingerprint density at radius 2 is 1.38 bits per heavy atom. The van der Waals surface area contributed by atoms with Gasteiger partial charge in [0.15, 0.2) is 0 Å². The minimum absolute atomic E-state index is 0.0959. The molecule has 4 N–H and O–H groups in total. The molecule has 0 aromatic rings. The molecule has 0 fully saturated rings. The summed E-state index contributed by atoms with van der Waals surface area (Å²) in [6.45, 7) is 3.06. The lowest BCUT2D eigenvalue weighted by atomic mass is 10.4. The van der Waals surface area contributed by atoms with Crippen LogP contribution in [-0.2, 0) is 18.8 Å². The Balaban J connectivity index is 3.81. The molecule has 0 rings (SSSR count). The van der Waals surface area contributed by atoms with E-state index in [1.807, 2.05) is 0 Å². The van der Waals surface area contributed by atoms with E-state index in [2.05, 4.69) is 8.37 Å². The van der Waals surface area contributed by atoms with Crippen molar-refractivity contribution in [3.63, 3.8) is 0 Å². The fourth-order valence-electron chi connectivity index (χ4n) is 0.415. The molecule has 0 bridgehead atoms. The molecule has 80 valence electrons. The van der Waals surface area contributed by atoms with Crippen molar-refractivity contribution in [3.05, 3.63) is 0 Å². The van der Waals surface area contributed by atoms with Crippen molar-refractivity contribution in [1.29, 1.82) is 0 Å². The third kappa shape index (κ3) is 8.13. The highest BCUT2D eigenvalue weighted by Gasteiger charge is 2.13. The van der Waals surface area contributed by atoms with Gasteiger partial charge in [-0.15, -0.1) is 0 Å². The molecule has 0 saturated heterocycles. The standard InChI is InChI=1S/C6H16N2O4S/c1-5(7)3-11-13(9,10)12-4-6(2)8/h5-6H,3-4,7-8H2,1-2H3/t5-,6-/m0/s1. The summed E-state index contributed by atoms with van der Waals surface area (Å²) in [5, 5.41) is 0. The molecule has 0 saturated carbocycles. The Morgan fingerprint density at radius 1 is 1.08 bits per heavy atom. The van der Waals surface area contributed by atoms with Crippen LogP contribution in [0.15, 0.2) is 0 Å². The first-order valence-corrected chi connectivity index (χ1v) is 5.22. The SMILES string of the molecule is C[C@H](N)COS(=O)(=O)OC[C@H](C)N. The molecule has 0 heterocycles. The lowest BCUT2D eigenvalue weighted by Gasteiger charge is -2.08. The third-order valence-electron chi connectivity index (χ3n) is 0.951. The average Bonchev–Trinajstić information content (AvgIpc) is 1.98. The van der Waals surface area contributed by atoms with E-state index in [-0.39, 0.29) is 25.3 Å². The number of hydrogen-bond acceptors (Lipinski definition) is 6. The van der Waals surface area contributed by atoms with Gasteiger partial charge in [0.25, 0.3) is 0 Å². The summed E-state index contributed by atoms with van der Waals surface area (Å²) in [5.41, 5.74) is 10.6. The van der Waals surface area contributed by atoms with E-state index in [9.17, 15) is 8.42 Å². The predicted molar refractivity (Wildman–Crippen MR) is 48.1 cm³/mol. The molecule has 2 atom stereocenters. The first-order chi connectivity index (χ1) is 5.83. The third-order valence-corrected chi connectivity index (χ3v) is 1.80. The summed E-state index contributed by atoms with van der Waals surface area (Å²) in [6, 6.07) is -0.706. The summed E-state index contributed by atoms with van der Waals surface area (Å²) in [4.78, 5) is 0. The van der Waals surface area contributed by atoms with Crippen LogP contribution in [0.4, 0.5) is 0 Å². The van der Waals surface area contributed by atoms with Crippen LogP contribution in [0, 0.1) is 0 Å². The molecule has 0 aromatic carbocycles. The van der Waals surface area contributed by atoms with Crippen LogP contribution in [0.2, 0.25) is 0 Å². The van der Waals surface area contributed by atoms with Gasteiger partial charge in [0.2, 0.25) is 0 Å². The molecule has 13 heavy (non-hydrogen) atoms. The van der Waals surface area contributed by atoms with Gasteiger partial charge in [-0.25, -0.2) is 8.37 Å². The highest BCUT2D eigenvalue weighted by atomic mass is 32.3. The minimum atomic E-state index is -3.93. The van der Waals surface area contributed by atoms with E-state index in [1.165, 1.54) is 0 Å². The molecular weight excluding hydrogens is 196 g/mol. The fourth-order valence-corrected chi connectivity index (χ4v) is 1.25. The minimum Gasteiger partial charge on any atom is -0.326 e. The van der Waals surface area contributed by atoms with Crippen LogP contribution in [0.25, 0.3) is 0 Å². The number of hydrogen-bond donors (Lipinski definition) is 2. The Kier molecular flexibility index (Phi) is 5.42. The van der Waals surface area contributed by atoms with E-state index in [0.717, 1.165) is 0 Å². The molecule has 0 amide bonds. The van der Waals surface area contributed by atoms with E-state index in [1.54, 1.807) is 13.8 Å². The molecule has 0 unspecified atom stereocenters. The van der Waals surface area contributed by atoms with Gasteiger partial charge in [-0.1, -0.05) is 0 Å². The second kappa shape index (κ2) is 5.51. The topological polar surface area (TPSA) is 105 Å². The van der Waals surface area contributed by atoms with Gasteiger partial charge in [0.1, 0.15) is 0 Å². The molecule has 0 aromatic heterocycles. The molecule has 0 spiro atoms. The van der Waals surface area contributed by atoms with Crippen LogP contribution < -0.4 is 11.5 Å². The van der Waals surface area contributed by atoms with Crippen LogP contribution in [0.3, 0.4) is 0 Å². The second-order valence-corrected chi connectivity index (χ2v) is 4.22. The van der Waals surface area contributed by atoms with Gasteiger partial charge in [0, 0.05) is 12.1 Å². The largest absolute Gasteiger partial charge is 0.399 e. The quantitative estimate of drug-likeness (QED) is 0.582. The Morgan fingerprint density at radius 3 is 1.62 bits per heavy atom. The average molecular weight is 212 g/mol. The van der Waals surface area contributed by atoms with Crippen LogP contribution in [0.5, 0.6) is 0 Å². The van der Waals surface area contributed by atoms with Crippen molar-refractivity contribution in [2.75, 3.05) is 13.2 Å². The van der Waals surface area contributed by atoms with Crippen LogP contribution in [-0.4, -0.2) is 33.7 Å². The van der Waals surface area contributed by atoms with Crippen molar-refractivity contribution in [3.8, 4) is 0 Å². The number of nitrogens with two attached hydrogens (primary N) is 2. The zero-order valence-corrected chi connectivity index (χ0v) is 8.58. The lowest BCUT2D eigenvalue weighted by molar-refractivity contribution is 0.201. The summed E-state index contributed by atoms with van der Waals surface area (Å²) >= 11 is 0. The van der Waals surface area contributed by atoms with Gasteiger partial charge in [-0.05, 0) is 13.8 Å². The predicted octanol–water partition coefficient (Wildman–Crippen LogP) is -1.04.